The minimum atomic E-state index is -0.382. The summed E-state index contributed by atoms with van der Waals surface area (Å²) in [6, 6.07) is 5.94. The molecule has 2 aliphatic rings. The number of hydrogen-bond acceptors (Lipinski definition) is 3. The van der Waals surface area contributed by atoms with Crippen molar-refractivity contribution >= 4 is 12.0 Å². The van der Waals surface area contributed by atoms with Crippen molar-refractivity contribution in [2.24, 2.45) is 0 Å². The molecule has 4 heteroatoms. The number of benzene rings is 1. The van der Waals surface area contributed by atoms with Crippen LogP contribution < -0.4 is 10.1 Å². The van der Waals surface area contributed by atoms with E-state index in [4.69, 9.17) is 4.74 Å². The Bertz CT molecular complexity index is 541. The van der Waals surface area contributed by atoms with Crippen molar-refractivity contribution in [1.82, 2.24) is 5.32 Å². The van der Waals surface area contributed by atoms with Crippen LogP contribution in [0.4, 0.5) is 0 Å². The van der Waals surface area contributed by atoms with Gasteiger partial charge in [0.1, 0.15) is 5.75 Å². The largest absolute Gasteiger partial charge is 0.493 e. The van der Waals surface area contributed by atoms with Crippen LogP contribution in [0.5, 0.6) is 5.75 Å². The van der Waals surface area contributed by atoms with Crippen molar-refractivity contribution in [3.8, 4) is 5.75 Å². The van der Waals surface area contributed by atoms with Crippen molar-refractivity contribution in [3.63, 3.8) is 0 Å². The molecule has 1 heterocycles. The summed E-state index contributed by atoms with van der Waals surface area (Å²) >= 11 is 0. The first-order chi connectivity index (χ1) is 9.71. The van der Waals surface area contributed by atoms with Gasteiger partial charge < -0.3 is 15.2 Å². The van der Waals surface area contributed by atoms with Crippen LogP contribution in [0.2, 0.25) is 0 Å². The Hall–Kier alpha value is -1.81. The Morgan fingerprint density at radius 2 is 2.30 bits per heavy atom. The molecule has 0 bridgehead atoms. The molecule has 3 rings (SSSR count). The van der Waals surface area contributed by atoms with Crippen molar-refractivity contribution in [1.29, 1.82) is 0 Å². The van der Waals surface area contributed by atoms with E-state index in [2.05, 4.69) is 11.4 Å². The fourth-order valence-electron chi connectivity index (χ4n) is 2.71. The molecule has 1 aliphatic carbocycles. The molecule has 4 nitrogen and oxygen atoms in total. The average Bonchev–Trinajstić information content (AvgIpc) is 2.88. The van der Waals surface area contributed by atoms with E-state index in [0.29, 0.717) is 0 Å². The molecule has 1 aliphatic heterocycles. The highest BCUT2D eigenvalue weighted by Crippen LogP contribution is 2.31. The van der Waals surface area contributed by atoms with E-state index in [1.54, 1.807) is 6.08 Å². The molecule has 1 fully saturated rings. The predicted molar refractivity (Wildman–Crippen MR) is 76.5 cm³/mol. The van der Waals surface area contributed by atoms with E-state index in [-0.39, 0.29) is 18.1 Å². The van der Waals surface area contributed by atoms with Gasteiger partial charge in [0, 0.05) is 12.5 Å². The lowest BCUT2D eigenvalue weighted by Crippen LogP contribution is -2.55. The van der Waals surface area contributed by atoms with Gasteiger partial charge in [-0.05, 0) is 48.6 Å². The van der Waals surface area contributed by atoms with E-state index in [1.165, 1.54) is 11.6 Å². The summed E-state index contributed by atoms with van der Waals surface area (Å²) in [6.07, 6.45) is 7.05. The topological polar surface area (TPSA) is 58.6 Å². The van der Waals surface area contributed by atoms with Gasteiger partial charge in [0.05, 0.1) is 18.8 Å². The maximum absolute atomic E-state index is 11.9. The summed E-state index contributed by atoms with van der Waals surface area (Å²) in [7, 11) is 0. The molecule has 1 amide bonds. The highest BCUT2D eigenvalue weighted by molar-refractivity contribution is 5.92. The van der Waals surface area contributed by atoms with E-state index >= 15 is 0 Å². The molecule has 0 atom stereocenters. The lowest BCUT2D eigenvalue weighted by atomic mass is 9.77. The highest BCUT2D eigenvalue weighted by atomic mass is 16.5. The van der Waals surface area contributed by atoms with Gasteiger partial charge in [0.2, 0.25) is 5.91 Å². The van der Waals surface area contributed by atoms with E-state index in [1.807, 2.05) is 12.1 Å². The van der Waals surface area contributed by atoms with Crippen LogP contribution in [0.15, 0.2) is 24.3 Å². The van der Waals surface area contributed by atoms with E-state index in [0.717, 1.165) is 43.6 Å². The van der Waals surface area contributed by atoms with Crippen LogP contribution in [-0.2, 0) is 11.2 Å². The van der Waals surface area contributed by atoms with Gasteiger partial charge in [-0.3, -0.25) is 4.79 Å². The molecule has 20 heavy (non-hydrogen) atoms. The number of fused-ring (bicyclic) bond motifs is 1. The zero-order valence-electron chi connectivity index (χ0n) is 11.4. The van der Waals surface area contributed by atoms with Crippen LogP contribution >= 0.6 is 0 Å². The van der Waals surface area contributed by atoms with Gasteiger partial charge in [0.25, 0.3) is 0 Å². The molecule has 0 radical (unpaired) electrons. The first-order valence-corrected chi connectivity index (χ1v) is 7.08. The minimum absolute atomic E-state index is 0.0166. The van der Waals surface area contributed by atoms with Crippen molar-refractivity contribution in [2.45, 2.75) is 31.2 Å². The Balaban J connectivity index is 1.63. The van der Waals surface area contributed by atoms with Crippen molar-refractivity contribution in [3.05, 3.63) is 35.4 Å². The summed E-state index contributed by atoms with van der Waals surface area (Å²) in [6.45, 7) is 0.755. The molecule has 2 N–H and O–H groups in total. The first-order valence-electron chi connectivity index (χ1n) is 7.08. The molecule has 0 aromatic heterocycles. The Kier molecular flexibility index (Phi) is 3.49. The van der Waals surface area contributed by atoms with Crippen molar-refractivity contribution in [2.75, 3.05) is 13.2 Å². The van der Waals surface area contributed by atoms with Crippen LogP contribution in [0.1, 0.15) is 30.4 Å². The fourth-order valence-corrected chi connectivity index (χ4v) is 2.71. The van der Waals surface area contributed by atoms with Crippen LogP contribution in [-0.4, -0.2) is 29.8 Å². The third-order valence-electron chi connectivity index (χ3n) is 4.14. The predicted octanol–water partition coefficient (Wildman–Crippen LogP) is 1.67. The van der Waals surface area contributed by atoms with E-state index in [9.17, 15) is 9.90 Å². The molecule has 1 aromatic carbocycles. The number of carbonyl (C=O) groups is 1. The fraction of sp³-hybridized carbons (Fsp3) is 0.438. The van der Waals surface area contributed by atoms with Gasteiger partial charge in [-0.1, -0.05) is 6.07 Å². The molecule has 0 unspecified atom stereocenters. The first kappa shape index (κ1) is 13.2. The third kappa shape index (κ3) is 2.56. The third-order valence-corrected chi connectivity index (χ3v) is 4.14. The molecule has 0 spiro atoms. The number of aliphatic hydroxyl groups is 1. The summed E-state index contributed by atoms with van der Waals surface area (Å²) in [5, 5.41) is 12.2. The Labute approximate surface area is 118 Å². The van der Waals surface area contributed by atoms with E-state index < -0.39 is 0 Å². The monoisotopic (exact) mass is 273 g/mol. The zero-order chi connectivity index (χ0) is 14.0. The molecular formula is C16H19NO3. The van der Waals surface area contributed by atoms with Gasteiger partial charge in [-0.25, -0.2) is 0 Å². The van der Waals surface area contributed by atoms with Gasteiger partial charge in [-0.15, -0.1) is 0 Å². The number of amides is 1. The number of aliphatic hydroxyl groups excluding tert-OH is 1. The smallest absolute Gasteiger partial charge is 0.244 e. The normalized spacial score (nSPS) is 19.2. The van der Waals surface area contributed by atoms with Gasteiger partial charge in [0.15, 0.2) is 0 Å². The lowest BCUT2D eigenvalue weighted by molar-refractivity contribution is -0.120. The summed E-state index contributed by atoms with van der Waals surface area (Å²) in [4.78, 5) is 11.9. The van der Waals surface area contributed by atoms with Crippen molar-refractivity contribution < 1.29 is 14.6 Å². The zero-order valence-corrected chi connectivity index (χ0v) is 11.4. The number of ether oxygens (including phenoxy) is 1. The molecule has 1 aromatic rings. The molecule has 1 saturated carbocycles. The maximum atomic E-state index is 11.9. The molecule has 106 valence electrons. The standard InChI is InChI=1S/C16H19NO3/c18-11-16(7-1-8-16)17-15(19)5-3-12-2-4-14-13(10-12)6-9-20-14/h2-5,10,18H,1,6-9,11H2,(H,17,19)/b5-3+. The highest BCUT2D eigenvalue weighted by Gasteiger charge is 2.37. The minimum Gasteiger partial charge on any atom is -0.493 e. The lowest BCUT2D eigenvalue weighted by Gasteiger charge is -2.40. The second kappa shape index (κ2) is 5.29. The average molecular weight is 273 g/mol. The number of carbonyl (C=O) groups excluding carboxylic acids is 1. The Morgan fingerprint density at radius 1 is 1.45 bits per heavy atom. The van der Waals surface area contributed by atoms with Crippen LogP contribution in [0.3, 0.4) is 0 Å². The number of nitrogens with one attached hydrogen (secondary N) is 1. The maximum Gasteiger partial charge on any atom is 0.244 e. The van der Waals surface area contributed by atoms with Gasteiger partial charge >= 0.3 is 0 Å². The van der Waals surface area contributed by atoms with Crippen LogP contribution in [0.25, 0.3) is 6.08 Å². The molecular weight excluding hydrogens is 254 g/mol. The summed E-state index contributed by atoms with van der Waals surface area (Å²) in [5.74, 6) is 0.802. The second-order valence-corrected chi connectivity index (χ2v) is 5.58. The second-order valence-electron chi connectivity index (χ2n) is 5.58. The quantitative estimate of drug-likeness (QED) is 0.820. The summed E-state index contributed by atoms with van der Waals surface area (Å²) < 4.78 is 5.45. The number of rotatable bonds is 4. The van der Waals surface area contributed by atoms with Gasteiger partial charge in [-0.2, -0.15) is 0 Å². The SMILES string of the molecule is O=C(/C=C/c1ccc2c(c1)CCO2)NC1(CO)CCC1. The van der Waals surface area contributed by atoms with Crippen LogP contribution in [0, 0.1) is 0 Å². The molecule has 0 saturated heterocycles. The number of hydrogen-bond donors (Lipinski definition) is 2. The Morgan fingerprint density at radius 3 is 3.00 bits per heavy atom. The summed E-state index contributed by atoms with van der Waals surface area (Å²) in [5.41, 5.74) is 1.81.